The van der Waals surface area contributed by atoms with Gasteiger partial charge in [-0.2, -0.15) is 0 Å². The van der Waals surface area contributed by atoms with Gasteiger partial charge in [0.25, 0.3) is 10.0 Å². The van der Waals surface area contributed by atoms with Crippen molar-refractivity contribution < 1.29 is 8.42 Å². The first-order chi connectivity index (χ1) is 13.1. The minimum atomic E-state index is -3.82. The Labute approximate surface area is 157 Å². The van der Waals surface area contributed by atoms with Gasteiger partial charge in [0.2, 0.25) is 0 Å². The molecule has 0 saturated carbocycles. The second-order valence-corrected chi connectivity index (χ2v) is 7.86. The van der Waals surface area contributed by atoms with Crippen LogP contribution in [-0.2, 0) is 10.0 Å². The van der Waals surface area contributed by atoms with Gasteiger partial charge < -0.3 is 5.73 Å². The van der Waals surface area contributed by atoms with Crippen molar-refractivity contribution >= 4 is 15.7 Å². The fourth-order valence-corrected chi connectivity index (χ4v) is 4.25. The fraction of sp³-hybridized carbons (Fsp3) is 0. The highest BCUT2D eigenvalue weighted by Gasteiger charge is 2.24. The van der Waals surface area contributed by atoms with Crippen molar-refractivity contribution in [1.29, 1.82) is 0 Å². The number of nitrogens with zero attached hydrogens (tertiary/aromatic N) is 2. The molecule has 5 nitrogen and oxygen atoms in total. The van der Waals surface area contributed by atoms with Crippen LogP contribution >= 0.6 is 0 Å². The summed E-state index contributed by atoms with van der Waals surface area (Å²) in [7, 11) is -3.82. The molecule has 0 atom stereocenters. The van der Waals surface area contributed by atoms with E-state index in [9.17, 15) is 8.42 Å². The predicted molar refractivity (Wildman–Crippen MR) is 107 cm³/mol. The summed E-state index contributed by atoms with van der Waals surface area (Å²) in [6.07, 6.45) is 1.36. The van der Waals surface area contributed by atoms with Crippen molar-refractivity contribution in [3.8, 4) is 22.5 Å². The number of nitrogens with two attached hydrogens (primary N) is 1. The highest BCUT2D eigenvalue weighted by molar-refractivity contribution is 7.90. The van der Waals surface area contributed by atoms with Gasteiger partial charge in [-0.15, -0.1) is 0 Å². The lowest BCUT2D eigenvalue weighted by atomic mass is 10.1. The van der Waals surface area contributed by atoms with Crippen LogP contribution in [0.5, 0.6) is 0 Å². The van der Waals surface area contributed by atoms with E-state index in [4.69, 9.17) is 5.73 Å². The second-order valence-electron chi connectivity index (χ2n) is 6.04. The van der Waals surface area contributed by atoms with Crippen LogP contribution in [0.1, 0.15) is 0 Å². The third-order valence-electron chi connectivity index (χ3n) is 4.27. The van der Waals surface area contributed by atoms with Gasteiger partial charge in [0.15, 0.2) is 0 Å². The van der Waals surface area contributed by atoms with Crippen molar-refractivity contribution in [2.45, 2.75) is 4.90 Å². The Morgan fingerprint density at radius 3 is 1.89 bits per heavy atom. The van der Waals surface area contributed by atoms with Crippen molar-refractivity contribution in [2.75, 3.05) is 5.73 Å². The van der Waals surface area contributed by atoms with E-state index >= 15 is 0 Å². The molecule has 0 unspecified atom stereocenters. The Hall–Kier alpha value is -3.38. The zero-order chi connectivity index (χ0) is 18.9. The van der Waals surface area contributed by atoms with E-state index in [1.165, 1.54) is 22.4 Å². The summed E-state index contributed by atoms with van der Waals surface area (Å²) in [5, 5.41) is 0. The molecule has 27 heavy (non-hydrogen) atoms. The van der Waals surface area contributed by atoms with E-state index in [1.807, 2.05) is 60.7 Å². The molecule has 0 aliphatic heterocycles. The largest absolute Gasteiger partial charge is 0.399 e. The van der Waals surface area contributed by atoms with Crippen LogP contribution in [0, 0.1) is 0 Å². The van der Waals surface area contributed by atoms with Gasteiger partial charge in [0, 0.05) is 16.8 Å². The SMILES string of the molecule is Nc1ccc(S(=O)(=O)n2cnc(-c3ccccc3)c2-c2ccccc2)cc1. The molecule has 1 heterocycles. The highest BCUT2D eigenvalue weighted by Crippen LogP contribution is 2.33. The summed E-state index contributed by atoms with van der Waals surface area (Å²) < 4.78 is 27.8. The smallest absolute Gasteiger partial charge is 0.269 e. The van der Waals surface area contributed by atoms with Crippen LogP contribution in [0.15, 0.2) is 96.2 Å². The summed E-state index contributed by atoms with van der Waals surface area (Å²) >= 11 is 0. The van der Waals surface area contributed by atoms with E-state index in [0.29, 0.717) is 17.1 Å². The van der Waals surface area contributed by atoms with Gasteiger partial charge in [-0.1, -0.05) is 60.7 Å². The van der Waals surface area contributed by atoms with E-state index in [-0.39, 0.29) is 4.90 Å². The maximum atomic E-state index is 13.3. The quantitative estimate of drug-likeness (QED) is 0.546. The Morgan fingerprint density at radius 1 is 0.741 bits per heavy atom. The lowest BCUT2D eigenvalue weighted by molar-refractivity contribution is 0.588. The monoisotopic (exact) mass is 375 g/mol. The number of hydrogen-bond donors (Lipinski definition) is 1. The van der Waals surface area contributed by atoms with Gasteiger partial charge in [-0.25, -0.2) is 17.4 Å². The van der Waals surface area contributed by atoms with Crippen molar-refractivity contribution in [1.82, 2.24) is 8.96 Å². The van der Waals surface area contributed by atoms with Crippen LogP contribution in [0.2, 0.25) is 0 Å². The standard InChI is InChI=1S/C21H17N3O2S/c22-18-11-13-19(14-12-18)27(25,26)24-15-23-20(16-7-3-1-4-8-16)21(24)17-9-5-2-6-10-17/h1-15H,22H2. The van der Waals surface area contributed by atoms with Crippen molar-refractivity contribution in [2.24, 2.45) is 0 Å². The molecular weight excluding hydrogens is 358 g/mol. The molecule has 0 aliphatic carbocycles. The summed E-state index contributed by atoms with van der Waals surface area (Å²) in [6, 6.07) is 25.1. The lowest BCUT2D eigenvalue weighted by Gasteiger charge is -2.12. The molecule has 0 radical (unpaired) electrons. The van der Waals surface area contributed by atoms with Gasteiger partial charge in [-0.05, 0) is 24.3 Å². The molecule has 2 N–H and O–H groups in total. The molecule has 0 spiro atoms. The van der Waals surface area contributed by atoms with Gasteiger partial charge in [-0.3, -0.25) is 0 Å². The molecule has 3 aromatic carbocycles. The Balaban J connectivity index is 1.97. The first kappa shape index (κ1) is 17.1. The van der Waals surface area contributed by atoms with E-state index in [2.05, 4.69) is 4.98 Å². The van der Waals surface area contributed by atoms with Gasteiger partial charge in [0.05, 0.1) is 16.3 Å². The normalized spacial score (nSPS) is 11.4. The zero-order valence-corrected chi connectivity index (χ0v) is 15.2. The average molecular weight is 375 g/mol. The third-order valence-corrected chi connectivity index (χ3v) is 5.93. The predicted octanol–water partition coefficient (Wildman–Crippen LogP) is 4.04. The van der Waals surface area contributed by atoms with E-state index < -0.39 is 10.0 Å². The van der Waals surface area contributed by atoms with Gasteiger partial charge >= 0.3 is 0 Å². The molecule has 0 amide bonds. The van der Waals surface area contributed by atoms with Crippen LogP contribution in [-0.4, -0.2) is 17.4 Å². The van der Waals surface area contributed by atoms with Crippen molar-refractivity contribution in [3.05, 3.63) is 91.3 Å². The molecule has 0 fully saturated rings. The number of anilines is 1. The van der Waals surface area contributed by atoms with Crippen molar-refractivity contribution in [3.63, 3.8) is 0 Å². The topological polar surface area (TPSA) is 78.0 Å². The van der Waals surface area contributed by atoms with Crippen LogP contribution in [0.4, 0.5) is 5.69 Å². The van der Waals surface area contributed by atoms with E-state index in [1.54, 1.807) is 12.1 Å². The number of nitrogen functional groups attached to an aromatic ring is 1. The first-order valence-corrected chi connectivity index (χ1v) is 9.81. The zero-order valence-electron chi connectivity index (χ0n) is 14.4. The lowest BCUT2D eigenvalue weighted by Crippen LogP contribution is -2.13. The second kappa shape index (κ2) is 6.74. The van der Waals surface area contributed by atoms with Crippen LogP contribution < -0.4 is 5.73 Å². The maximum Gasteiger partial charge on any atom is 0.269 e. The third kappa shape index (κ3) is 3.11. The summed E-state index contributed by atoms with van der Waals surface area (Å²) in [6.45, 7) is 0. The number of imidazole rings is 1. The average Bonchev–Trinajstić information content (AvgIpc) is 3.16. The Kier molecular flexibility index (Phi) is 4.25. The van der Waals surface area contributed by atoms with Crippen LogP contribution in [0.25, 0.3) is 22.5 Å². The molecule has 4 rings (SSSR count). The Bertz CT molecular complexity index is 1170. The molecule has 6 heteroatoms. The van der Waals surface area contributed by atoms with Gasteiger partial charge in [0.1, 0.15) is 6.33 Å². The first-order valence-electron chi connectivity index (χ1n) is 8.37. The number of aromatic nitrogens is 2. The molecule has 0 bridgehead atoms. The molecule has 1 aromatic heterocycles. The molecule has 0 aliphatic rings. The minimum absolute atomic E-state index is 0.158. The minimum Gasteiger partial charge on any atom is -0.399 e. The molecule has 4 aromatic rings. The maximum absolute atomic E-state index is 13.3. The highest BCUT2D eigenvalue weighted by atomic mass is 32.2. The molecular formula is C21H17N3O2S. The summed E-state index contributed by atoms with van der Waals surface area (Å²) in [5.41, 5.74) is 8.96. The summed E-state index contributed by atoms with van der Waals surface area (Å²) in [5.74, 6) is 0. The number of benzene rings is 3. The number of rotatable bonds is 4. The fourth-order valence-electron chi connectivity index (χ4n) is 2.94. The van der Waals surface area contributed by atoms with Crippen LogP contribution in [0.3, 0.4) is 0 Å². The molecule has 0 saturated heterocycles. The van der Waals surface area contributed by atoms with E-state index in [0.717, 1.165) is 11.1 Å². The Morgan fingerprint density at radius 2 is 1.30 bits per heavy atom. The molecule has 134 valence electrons. The summed E-state index contributed by atoms with van der Waals surface area (Å²) in [4.78, 5) is 4.59. The number of hydrogen-bond acceptors (Lipinski definition) is 4.